The molecular weight excluding hydrogens is 333 g/mol. The summed E-state index contributed by atoms with van der Waals surface area (Å²) in [4.78, 5) is 12.2. The van der Waals surface area contributed by atoms with E-state index in [2.05, 4.69) is 17.0 Å². The predicted molar refractivity (Wildman–Crippen MR) is 92.7 cm³/mol. The number of nitrogens with two attached hydrogens (primary N) is 1. The van der Waals surface area contributed by atoms with Gasteiger partial charge < -0.3 is 5.73 Å². The van der Waals surface area contributed by atoms with Crippen molar-refractivity contribution >= 4 is 18.1 Å². The lowest BCUT2D eigenvalue weighted by atomic mass is 9.95. The molecule has 1 aliphatic heterocycles. The Bertz CT molecular complexity index is 714. The number of hydrogen-bond acceptors (Lipinski definition) is 4. The van der Waals surface area contributed by atoms with Gasteiger partial charge in [0, 0.05) is 43.2 Å². The van der Waals surface area contributed by atoms with E-state index in [1.807, 2.05) is 18.2 Å². The Morgan fingerprint density at radius 3 is 2.54 bits per heavy atom. The third-order valence-corrected chi connectivity index (χ3v) is 4.31. The number of nitro benzene ring substituents is 1. The molecular formula is C17H19ClFN3O2. The van der Waals surface area contributed by atoms with Crippen LogP contribution in [0.4, 0.5) is 10.1 Å². The molecule has 2 aromatic carbocycles. The molecule has 0 aromatic heterocycles. The molecule has 0 aliphatic carbocycles. The summed E-state index contributed by atoms with van der Waals surface area (Å²) in [5.74, 6) is -0.326. The van der Waals surface area contributed by atoms with Crippen LogP contribution in [-0.2, 0) is 6.54 Å². The van der Waals surface area contributed by atoms with Crippen LogP contribution in [0, 0.1) is 15.9 Å². The van der Waals surface area contributed by atoms with E-state index in [0.717, 1.165) is 12.6 Å². The van der Waals surface area contributed by atoms with E-state index in [-0.39, 0.29) is 30.1 Å². The fraction of sp³-hybridized carbons (Fsp3) is 0.294. The first-order valence-corrected chi connectivity index (χ1v) is 7.50. The minimum atomic E-state index is -0.593. The number of benzene rings is 2. The highest BCUT2D eigenvalue weighted by Crippen LogP contribution is 2.28. The summed E-state index contributed by atoms with van der Waals surface area (Å²) in [7, 11) is 0. The van der Waals surface area contributed by atoms with Crippen LogP contribution >= 0.6 is 12.4 Å². The molecule has 2 N–H and O–H groups in total. The highest BCUT2D eigenvalue weighted by Gasteiger charge is 2.31. The first-order chi connectivity index (χ1) is 11.0. The van der Waals surface area contributed by atoms with Gasteiger partial charge in [-0.1, -0.05) is 30.3 Å². The van der Waals surface area contributed by atoms with Crippen molar-refractivity contribution in [2.24, 2.45) is 5.73 Å². The van der Waals surface area contributed by atoms with Gasteiger partial charge in [0.2, 0.25) is 0 Å². The summed E-state index contributed by atoms with van der Waals surface area (Å²) >= 11 is 0. The van der Waals surface area contributed by atoms with E-state index in [0.29, 0.717) is 18.7 Å². The number of nitro groups is 1. The van der Waals surface area contributed by atoms with Crippen molar-refractivity contribution < 1.29 is 9.31 Å². The summed E-state index contributed by atoms with van der Waals surface area (Å²) in [6.07, 6.45) is 0. The topological polar surface area (TPSA) is 72.4 Å². The monoisotopic (exact) mass is 351 g/mol. The molecule has 1 heterocycles. The van der Waals surface area contributed by atoms with Crippen LogP contribution < -0.4 is 5.73 Å². The summed E-state index contributed by atoms with van der Waals surface area (Å²) in [5.41, 5.74) is 7.64. The van der Waals surface area contributed by atoms with Gasteiger partial charge in [-0.15, -0.1) is 12.4 Å². The second kappa shape index (κ2) is 7.70. The SMILES string of the molecule is Cl.N[C@@H]1CN(Cc2ccc([N+](=O)[O-])cc2F)C[C@H]1c1ccccc1. The van der Waals surface area contributed by atoms with Gasteiger partial charge in [0.25, 0.3) is 5.69 Å². The molecule has 5 nitrogen and oxygen atoms in total. The van der Waals surface area contributed by atoms with E-state index >= 15 is 0 Å². The first kappa shape index (κ1) is 18.3. The molecule has 0 amide bonds. The Kier molecular flexibility index (Phi) is 5.88. The molecule has 0 unspecified atom stereocenters. The molecule has 0 radical (unpaired) electrons. The quantitative estimate of drug-likeness (QED) is 0.678. The maximum absolute atomic E-state index is 14.0. The number of likely N-dealkylation sites (tertiary alicyclic amines) is 1. The molecule has 0 saturated carbocycles. The lowest BCUT2D eigenvalue weighted by Gasteiger charge is -2.16. The maximum atomic E-state index is 14.0. The predicted octanol–water partition coefficient (Wildman–Crippen LogP) is 3.08. The van der Waals surface area contributed by atoms with Crippen molar-refractivity contribution in [3.63, 3.8) is 0 Å². The third-order valence-electron chi connectivity index (χ3n) is 4.31. The molecule has 7 heteroatoms. The highest BCUT2D eigenvalue weighted by molar-refractivity contribution is 5.85. The van der Waals surface area contributed by atoms with Gasteiger partial charge in [-0.2, -0.15) is 0 Å². The largest absolute Gasteiger partial charge is 0.326 e. The van der Waals surface area contributed by atoms with E-state index < -0.39 is 10.7 Å². The third kappa shape index (κ3) is 3.90. The Morgan fingerprint density at radius 1 is 1.21 bits per heavy atom. The van der Waals surface area contributed by atoms with Crippen LogP contribution in [0.3, 0.4) is 0 Å². The van der Waals surface area contributed by atoms with Gasteiger partial charge in [-0.3, -0.25) is 15.0 Å². The molecule has 24 heavy (non-hydrogen) atoms. The smallest absolute Gasteiger partial charge is 0.272 e. The Balaban J connectivity index is 0.00000208. The minimum absolute atomic E-state index is 0. The van der Waals surface area contributed by atoms with Crippen molar-refractivity contribution in [2.45, 2.75) is 18.5 Å². The summed E-state index contributed by atoms with van der Waals surface area (Å²) in [6, 6.07) is 13.8. The number of rotatable bonds is 4. The van der Waals surface area contributed by atoms with E-state index in [1.54, 1.807) is 0 Å². The molecule has 2 atom stereocenters. The Labute approximate surface area is 145 Å². The van der Waals surface area contributed by atoms with Gasteiger partial charge in [0.1, 0.15) is 5.82 Å². The maximum Gasteiger partial charge on any atom is 0.272 e. The number of halogens is 2. The standard InChI is InChI=1S/C17H18FN3O2.ClH/c18-16-8-14(21(22)23)7-6-13(16)9-20-10-15(17(19)11-20)12-4-2-1-3-5-12;/h1-8,15,17H,9-11,19H2;1H/t15-,17+;/m0./s1. The molecule has 1 fully saturated rings. The van der Waals surface area contributed by atoms with Gasteiger partial charge in [0.15, 0.2) is 0 Å². The summed E-state index contributed by atoms with van der Waals surface area (Å²) < 4.78 is 14.0. The van der Waals surface area contributed by atoms with Crippen LogP contribution in [0.5, 0.6) is 0 Å². The number of hydrogen-bond donors (Lipinski definition) is 1. The summed E-state index contributed by atoms with van der Waals surface area (Å²) in [6.45, 7) is 1.83. The molecule has 2 aromatic rings. The highest BCUT2D eigenvalue weighted by atomic mass is 35.5. The second-order valence-corrected chi connectivity index (χ2v) is 5.91. The van der Waals surface area contributed by atoms with E-state index in [1.165, 1.54) is 17.7 Å². The fourth-order valence-corrected chi connectivity index (χ4v) is 3.11. The Hall–Kier alpha value is -2.02. The van der Waals surface area contributed by atoms with E-state index in [4.69, 9.17) is 5.73 Å². The Morgan fingerprint density at radius 2 is 1.92 bits per heavy atom. The van der Waals surface area contributed by atoms with E-state index in [9.17, 15) is 14.5 Å². The lowest BCUT2D eigenvalue weighted by molar-refractivity contribution is -0.385. The second-order valence-electron chi connectivity index (χ2n) is 5.91. The minimum Gasteiger partial charge on any atom is -0.326 e. The summed E-state index contributed by atoms with van der Waals surface area (Å²) in [5, 5.41) is 10.7. The number of nitrogens with zero attached hydrogens (tertiary/aromatic N) is 2. The molecule has 128 valence electrons. The normalized spacial score (nSPS) is 20.6. The molecule has 1 aliphatic rings. The first-order valence-electron chi connectivity index (χ1n) is 7.50. The van der Waals surface area contributed by atoms with Crippen LogP contribution in [0.15, 0.2) is 48.5 Å². The fourth-order valence-electron chi connectivity index (χ4n) is 3.11. The van der Waals surface area contributed by atoms with Crippen LogP contribution in [-0.4, -0.2) is 29.0 Å². The molecule has 1 saturated heterocycles. The zero-order valence-electron chi connectivity index (χ0n) is 13.0. The van der Waals surface area contributed by atoms with Crippen molar-refractivity contribution in [1.82, 2.24) is 4.90 Å². The molecule has 0 bridgehead atoms. The van der Waals surface area contributed by atoms with Crippen LogP contribution in [0.25, 0.3) is 0 Å². The van der Waals surface area contributed by atoms with Gasteiger partial charge >= 0.3 is 0 Å². The zero-order valence-corrected chi connectivity index (χ0v) is 13.8. The van der Waals surface area contributed by atoms with Crippen LogP contribution in [0.1, 0.15) is 17.0 Å². The van der Waals surface area contributed by atoms with Gasteiger partial charge in [-0.05, 0) is 11.6 Å². The lowest BCUT2D eigenvalue weighted by Crippen LogP contribution is -2.28. The molecule has 0 spiro atoms. The van der Waals surface area contributed by atoms with Crippen molar-refractivity contribution in [3.8, 4) is 0 Å². The van der Waals surface area contributed by atoms with Gasteiger partial charge in [-0.25, -0.2) is 4.39 Å². The van der Waals surface area contributed by atoms with Gasteiger partial charge in [0.05, 0.1) is 11.0 Å². The van der Waals surface area contributed by atoms with Crippen molar-refractivity contribution in [2.75, 3.05) is 13.1 Å². The zero-order chi connectivity index (χ0) is 16.4. The van der Waals surface area contributed by atoms with Crippen molar-refractivity contribution in [1.29, 1.82) is 0 Å². The average Bonchev–Trinajstić information content (AvgIpc) is 2.90. The van der Waals surface area contributed by atoms with Crippen LogP contribution in [0.2, 0.25) is 0 Å². The van der Waals surface area contributed by atoms with Crippen molar-refractivity contribution in [3.05, 3.63) is 75.6 Å². The number of non-ortho nitro benzene ring substituents is 1. The average molecular weight is 352 g/mol. The molecule has 3 rings (SSSR count).